The molecule has 0 spiro atoms. The highest BCUT2D eigenvalue weighted by atomic mass is 35.5. The summed E-state index contributed by atoms with van der Waals surface area (Å²) in [5.41, 5.74) is 0. The second kappa shape index (κ2) is 7.38. The molecule has 1 amide bonds. The largest absolute Gasteiger partial charge is 0.481 e. The van der Waals surface area contributed by atoms with E-state index in [9.17, 15) is 9.59 Å². The zero-order valence-electron chi connectivity index (χ0n) is 12.7. The molecule has 4 nitrogen and oxygen atoms in total. The van der Waals surface area contributed by atoms with E-state index in [-0.39, 0.29) is 23.7 Å². The van der Waals surface area contributed by atoms with Crippen LogP contribution in [0.25, 0.3) is 0 Å². The van der Waals surface area contributed by atoms with E-state index in [1.807, 2.05) is 25.1 Å². The molecule has 22 heavy (non-hydrogen) atoms. The van der Waals surface area contributed by atoms with Gasteiger partial charge in [0.15, 0.2) is 0 Å². The van der Waals surface area contributed by atoms with Gasteiger partial charge in [-0.15, -0.1) is 11.8 Å². The van der Waals surface area contributed by atoms with Gasteiger partial charge in [-0.25, -0.2) is 0 Å². The molecule has 2 rings (SSSR count). The maximum Gasteiger partial charge on any atom is 0.308 e. The highest BCUT2D eigenvalue weighted by Gasteiger charge is 2.36. The van der Waals surface area contributed by atoms with Crippen molar-refractivity contribution in [2.75, 3.05) is 6.54 Å². The van der Waals surface area contributed by atoms with Crippen LogP contribution in [0.3, 0.4) is 0 Å². The van der Waals surface area contributed by atoms with Gasteiger partial charge in [0.1, 0.15) is 0 Å². The van der Waals surface area contributed by atoms with Crippen molar-refractivity contribution in [2.45, 2.75) is 42.9 Å². The standard InChI is InChI=1S/C16H20ClNO3S/c1-10(16(20)21)9-18(12-7-8-12)15(19)11(2)22-14-6-4-3-5-13(14)17/h3-6,10-12H,7-9H2,1-2H3,(H,20,21). The van der Waals surface area contributed by atoms with Gasteiger partial charge < -0.3 is 10.0 Å². The van der Waals surface area contributed by atoms with E-state index in [4.69, 9.17) is 16.7 Å². The fraction of sp³-hybridized carbons (Fsp3) is 0.500. The molecule has 0 aromatic heterocycles. The maximum absolute atomic E-state index is 12.7. The lowest BCUT2D eigenvalue weighted by Crippen LogP contribution is -2.42. The molecule has 6 heteroatoms. The molecule has 1 aromatic carbocycles. The van der Waals surface area contributed by atoms with Gasteiger partial charge in [-0.3, -0.25) is 9.59 Å². The number of carbonyl (C=O) groups excluding carboxylic acids is 1. The monoisotopic (exact) mass is 341 g/mol. The molecule has 1 saturated carbocycles. The van der Waals surface area contributed by atoms with E-state index < -0.39 is 11.9 Å². The van der Waals surface area contributed by atoms with Crippen molar-refractivity contribution in [1.29, 1.82) is 0 Å². The van der Waals surface area contributed by atoms with E-state index in [1.54, 1.807) is 17.9 Å². The van der Waals surface area contributed by atoms with Gasteiger partial charge >= 0.3 is 5.97 Å². The minimum atomic E-state index is -0.871. The average molecular weight is 342 g/mol. The average Bonchev–Trinajstić information content (AvgIpc) is 3.30. The molecule has 1 aromatic rings. The van der Waals surface area contributed by atoms with E-state index in [0.29, 0.717) is 5.02 Å². The summed E-state index contributed by atoms with van der Waals surface area (Å²) >= 11 is 7.55. The molecule has 0 aliphatic heterocycles. The molecular formula is C16H20ClNO3S. The van der Waals surface area contributed by atoms with Crippen molar-refractivity contribution in [2.24, 2.45) is 5.92 Å². The number of nitrogens with zero attached hydrogens (tertiary/aromatic N) is 1. The van der Waals surface area contributed by atoms with E-state index in [1.165, 1.54) is 11.8 Å². The van der Waals surface area contributed by atoms with Crippen LogP contribution < -0.4 is 0 Å². The number of hydrogen-bond acceptors (Lipinski definition) is 3. The van der Waals surface area contributed by atoms with Crippen LogP contribution in [-0.2, 0) is 9.59 Å². The van der Waals surface area contributed by atoms with Crippen LogP contribution in [0.4, 0.5) is 0 Å². The maximum atomic E-state index is 12.7. The van der Waals surface area contributed by atoms with Gasteiger partial charge in [-0.1, -0.05) is 30.7 Å². The fourth-order valence-corrected chi connectivity index (χ4v) is 3.42. The summed E-state index contributed by atoms with van der Waals surface area (Å²) in [6, 6.07) is 7.62. The van der Waals surface area contributed by atoms with Gasteiger partial charge in [0.25, 0.3) is 0 Å². The number of carbonyl (C=O) groups is 2. The highest BCUT2D eigenvalue weighted by Crippen LogP contribution is 2.34. The van der Waals surface area contributed by atoms with Gasteiger partial charge in [-0.2, -0.15) is 0 Å². The first-order valence-electron chi connectivity index (χ1n) is 7.34. The molecule has 0 radical (unpaired) electrons. The van der Waals surface area contributed by atoms with Crippen LogP contribution >= 0.6 is 23.4 Å². The molecule has 1 aliphatic rings. The first-order valence-corrected chi connectivity index (χ1v) is 8.60. The number of rotatable bonds is 7. The predicted molar refractivity (Wildman–Crippen MR) is 88.3 cm³/mol. The second-order valence-corrected chi connectivity index (χ2v) is 7.44. The third kappa shape index (κ3) is 4.40. The van der Waals surface area contributed by atoms with Crippen molar-refractivity contribution < 1.29 is 14.7 Å². The van der Waals surface area contributed by atoms with E-state index in [0.717, 1.165) is 17.7 Å². The Kier molecular flexibility index (Phi) is 5.75. The number of carboxylic acids is 1. The molecule has 0 bridgehead atoms. The van der Waals surface area contributed by atoms with Crippen LogP contribution in [0, 0.1) is 5.92 Å². The Bertz CT molecular complexity index is 562. The SMILES string of the molecule is CC(CN(C(=O)C(C)Sc1ccccc1Cl)C1CC1)C(=O)O. The Labute approximate surface area is 139 Å². The normalized spacial score (nSPS) is 16.9. The molecule has 0 heterocycles. The summed E-state index contributed by atoms with van der Waals surface area (Å²) in [7, 11) is 0. The number of hydrogen-bond donors (Lipinski definition) is 1. The number of aliphatic carboxylic acids is 1. The van der Waals surface area contributed by atoms with Gasteiger partial charge in [0.2, 0.25) is 5.91 Å². The molecule has 120 valence electrons. The molecule has 0 saturated heterocycles. The first kappa shape index (κ1) is 17.2. The summed E-state index contributed by atoms with van der Waals surface area (Å²) < 4.78 is 0. The zero-order valence-corrected chi connectivity index (χ0v) is 14.2. The number of halogens is 1. The molecule has 1 fully saturated rings. The van der Waals surface area contributed by atoms with Crippen LogP contribution in [0.2, 0.25) is 5.02 Å². The lowest BCUT2D eigenvalue weighted by molar-refractivity contribution is -0.143. The summed E-state index contributed by atoms with van der Waals surface area (Å²) in [6.45, 7) is 3.75. The smallest absolute Gasteiger partial charge is 0.308 e. The highest BCUT2D eigenvalue weighted by molar-refractivity contribution is 8.00. The Balaban J connectivity index is 2.03. The number of carboxylic acid groups (broad SMARTS) is 1. The van der Waals surface area contributed by atoms with Crippen LogP contribution in [-0.4, -0.2) is 39.7 Å². The van der Waals surface area contributed by atoms with E-state index in [2.05, 4.69) is 0 Å². The number of thioether (sulfide) groups is 1. The third-order valence-electron chi connectivity index (χ3n) is 3.65. The molecule has 1 N–H and O–H groups in total. The van der Waals surface area contributed by atoms with Crippen molar-refractivity contribution in [3.05, 3.63) is 29.3 Å². The van der Waals surface area contributed by atoms with Crippen LogP contribution in [0.1, 0.15) is 26.7 Å². The Morgan fingerprint density at radius 1 is 1.36 bits per heavy atom. The third-order valence-corrected chi connectivity index (χ3v) is 5.26. The summed E-state index contributed by atoms with van der Waals surface area (Å²) in [6.07, 6.45) is 1.92. The predicted octanol–water partition coefficient (Wildman–Crippen LogP) is 3.53. The Morgan fingerprint density at radius 2 is 2.00 bits per heavy atom. The fourth-order valence-electron chi connectivity index (χ4n) is 2.19. The molecule has 1 aliphatic carbocycles. The van der Waals surface area contributed by atoms with Crippen LogP contribution in [0.5, 0.6) is 0 Å². The minimum Gasteiger partial charge on any atom is -0.481 e. The van der Waals surface area contributed by atoms with Gasteiger partial charge in [0, 0.05) is 17.5 Å². The lowest BCUT2D eigenvalue weighted by Gasteiger charge is -2.27. The quantitative estimate of drug-likeness (QED) is 0.771. The van der Waals surface area contributed by atoms with Crippen molar-refractivity contribution in [1.82, 2.24) is 4.90 Å². The van der Waals surface area contributed by atoms with Gasteiger partial charge in [-0.05, 0) is 31.9 Å². The minimum absolute atomic E-state index is 0.0134. The summed E-state index contributed by atoms with van der Waals surface area (Å²) in [5, 5.41) is 9.40. The number of amides is 1. The number of benzene rings is 1. The van der Waals surface area contributed by atoms with Crippen molar-refractivity contribution in [3.63, 3.8) is 0 Å². The lowest BCUT2D eigenvalue weighted by atomic mass is 10.1. The first-order chi connectivity index (χ1) is 10.4. The summed E-state index contributed by atoms with van der Waals surface area (Å²) in [4.78, 5) is 26.3. The van der Waals surface area contributed by atoms with E-state index >= 15 is 0 Å². The van der Waals surface area contributed by atoms with Gasteiger partial charge in [0.05, 0.1) is 16.2 Å². The Hall–Kier alpha value is -1.20. The topological polar surface area (TPSA) is 57.6 Å². The molecule has 2 atom stereocenters. The van der Waals surface area contributed by atoms with Crippen LogP contribution in [0.15, 0.2) is 29.2 Å². The molecular weight excluding hydrogens is 322 g/mol. The second-order valence-electron chi connectivity index (χ2n) is 5.65. The zero-order chi connectivity index (χ0) is 16.3. The van der Waals surface area contributed by atoms with Crippen molar-refractivity contribution in [3.8, 4) is 0 Å². The Morgan fingerprint density at radius 3 is 2.55 bits per heavy atom. The van der Waals surface area contributed by atoms with Crippen molar-refractivity contribution >= 4 is 35.2 Å². The summed E-state index contributed by atoms with van der Waals surface area (Å²) in [5.74, 6) is -1.44. The molecule has 2 unspecified atom stereocenters.